The Morgan fingerprint density at radius 2 is 1.96 bits per heavy atom. The van der Waals surface area contributed by atoms with E-state index in [-0.39, 0.29) is 18.0 Å². The Hall–Kier alpha value is -3.40. The highest BCUT2D eigenvalue weighted by molar-refractivity contribution is 7.98. The molecule has 0 atom stereocenters. The molecular formula is C18H15FN6O2S. The first kappa shape index (κ1) is 18.0. The van der Waals surface area contributed by atoms with E-state index in [1.807, 2.05) is 6.07 Å². The molecule has 4 rings (SSSR count). The van der Waals surface area contributed by atoms with Crippen molar-refractivity contribution in [3.05, 3.63) is 82.4 Å². The van der Waals surface area contributed by atoms with E-state index >= 15 is 0 Å². The number of aromatic nitrogens is 5. The predicted octanol–water partition coefficient (Wildman–Crippen LogP) is 2.01. The van der Waals surface area contributed by atoms with Gasteiger partial charge in [-0.3, -0.25) is 9.20 Å². The van der Waals surface area contributed by atoms with Crippen molar-refractivity contribution in [2.45, 2.75) is 17.5 Å². The van der Waals surface area contributed by atoms with Gasteiger partial charge in [-0.05, 0) is 36.4 Å². The van der Waals surface area contributed by atoms with Crippen molar-refractivity contribution >= 4 is 17.4 Å². The number of benzene rings is 1. The van der Waals surface area contributed by atoms with Gasteiger partial charge < -0.3 is 10.6 Å². The van der Waals surface area contributed by atoms with Gasteiger partial charge in [0.15, 0.2) is 5.82 Å². The molecular weight excluding hydrogens is 383 g/mol. The fraction of sp³-hybridized carbons (Fsp3) is 0.111. The second-order valence-electron chi connectivity index (χ2n) is 5.81. The molecule has 8 nitrogen and oxygen atoms in total. The van der Waals surface area contributed by atoms with E-state index in [0.29, 0.717) is 33.8 Å². The van der Waals surface area contributed by atoms with Gasteiger partial charge in [-0.25, -0.2) is 14.1 Å². The summed E-state index contributed by atoms with van der Waals surface area (Å²) < 4.78 is 21.3. The second kappa shape index (κ2) is 7.69. The third-order valence-electron chi connectivity index (χ3n) is 3.89. The van der Waals surface area contributed by atoms with Crippen LogP contribution in [0.5, 0.6) is 5.75 Å². The van der Waals surface area contributed by atoms with Gasteiger partial charge in [0.05, 0.1) is 5.69 Å². The summed E-state index contributed by atoms with van der Waals surface area (Å²) in [4.78, 5) is 16.6. The van der Waals surface area contributed by atoms with E-state index in [0.717, 1.165) is 0 Å². The molecule has 0 amide bonds. The summed E-state index contributed by atoms with van der Waals surface area (Å²) in [5.41, 5.74) is 1.05. The van der Waals surface area contributed by atoms with Crippen molar-refractivity contribution in [1.29, 1.82) is 0 Å². The van der Waals surface area contributed by atoms with Gasteiger partial charge in [0.25, 0.3) is 5.56 Å². The standard InChI is InChI=1S/C18H15FN6O2S/c19-12-4-6-14(7-5-12)27-10-16-22-23-18(25(16)20)28-11-13-9-17(26)24-8-2-1-3-15(24)21-13/h1-9H,10-11,20H2. The summed E-state index contributed by atoms with van der Waals surface area (Å²) in [6, 6.07) is 12.5. The zero-order valence-corrected chi connectivity index (χ0v) is 15.3. The average molecular weight is 398 g/mol. The number of halogens is 1. The number of hydrogen-bond acceptors (Lipinski definition) is 7. The zero-order chi connectivity index (χ0) is 19.5. The van der Waals surface area contributed by atoms with Gasteiger partial charge in [-0.15, -0.1) is 10.2 Å². The minimum absolute atomic E-state index is 0.0886. The Balaban J connectivity index is 1.43. The minimum atomic E-state index is -0.338. The number of rotatable bonds is 6. The van der Waals surface area contributed by atoms with E-state index < -0.39 is 0 Å². The molecule has 0 radical (unpaired) electrons. The molecule has 3 aromatic heterocycles. The fourth-order valence-corrected chi connectivity index (χ4v) is 3.27. The van der Waals surface area contributed by atoms with E-state index in [4.69, 9.17) is 10.6 Å². The molecule has 2 N–H and O–H groups in total. The molecule has 28 heavy (non-hydrogen) atoms. The molecule has 142 valence electrons. The van der Waals surface area contributed by atoms with Crippen molar-refractivity contribution in [2.24, 2.45) is 0 Å². The maximum Gasteiger partial charge on any atom is 0.258 e. The molecule has 0 saturated heterocycles. The summed E-state index contributed by atoms with van der Waals surface area (Å²) in [5.74, 6) is 7.01. The van der Waals surface area contributed by atoms with Crippen molar-refractivity contribution in [3.63, 3.8) is 0 Å². The molecule has 0 saturated carbocycles. The van der Waals surface area contributed by atoms with Crippen LogP contribution in [0.15, 0.2) is 64.7 Å². The number of fused-ring (bicyclic) bond motifs is 1. The lowest BCUT2D eigenvalue weighted by molar-refractivity contribution is 0.291. The number of pyridine rings is 1. The van der Waals surface area contributed by atoms with Crippen LogP contribution in [0.2, 0.25) is 0 Å². The SMILES string of the molecule is Nn1c(COc2ccc(F)cc2)nnc1SCc1cc(=O)n2ccccc2n1. The predicted molar refractivity (Wildman–Crippen MR) is 102 cm³/mol. The van der Waals surface area contributed by atoms with Crippen molar-refractivity contribution in [3.8, 4) is 5.75 Å². The number of nitrogens with two attached hydrogens (primary N) is 1. The maximum absolute atomic E-state index is 12.9. The molecule has 3 heterocycles. The molecule has 0 unspecified atom stereocenters. The monoisotopic (exact) mass is 398 g/mol. The topological polar surface area (TPSA) is 100 Å². The third-order valence-corrected chi connectivity index (χ3v) is 4.87. The lowest BCUT2D eigenvalue weighted by atomic mass is 10.3. The van der Waals surface area contributed by atoms with Crippen LogP contribution < -0.4 is 16.1 Å². The van der Waals surface area contributed by atoms with Crippen LogP contribution in [-0.2, 0) is 12.4 Å². The lowest BCUT2D eigenvalue weighted by Crippen LogP contribution is -2.16. The summed E-state index contributed by atoms with van der Waals surface area (Å²) >= 11 is 1.31. The van der Waals surface area contributed by atoms with Gasteiger partial charge in [0.2, 0.25) is 5.16 Å². The number of hydrogen-bond donors (Lipinski definition) is 1. The van der Waals surface area contributed by atoms with E-state index in [2.05, 4.69) is 15.2 Å². The van der Waals surface area contributed by atoms with Gasteiger partial charge in [-0.1, -0.05) is 17.8 Å². The lowest BCUT2D eigenvalue weighted by Gasteiger charge is -2.06. The molecule has 0 fully saturated rings. The van der Waals surface area contributed by atoms with Crippen molar-refractivity contribution in [1.82, 2.24) is 24.3 Å². The Morgan fingerprint density at radius 3 is 2.79 bits per heavy atom. The van der Waals surface area contributed by atoms with Crippen LogP contribution in [0.3, 0.4) is 0 Å². The maximum atomic E-state index is 12.9. The third kappa shape index (κ3) is 3.81. The molecule has 0 aliphatic rings. The quantitative estimate of drug-likeness (QED) is 0.392. The first-order valence-electron chi connectivity index (χ1n) is 8.28. The number of nitrogens with zero attached hydrogens (tertiary/aromatic N) is 5. The molecule has 0 spiro atoms. The molecule has 10 heteroatoms. The first-order valence-corrected chi connectivity index (χ1v) is 9.26. The van der Waals surface area contributed by atoms with E-state index in [1.54, 1.807) is 18.3 Å². The summed E-state index contributed by atoms with van der Waals surface area (Å²) in [6.07, 6.45) is 1.67. The Bertz CT molecular complexity index is 1170. The molecule has 0 aliphatic heterocycles. The molecule has 4 aromatic rings. The van der Waals surface area contributed by atoms with Gasteiger partial charge >= 0.3 is 0 Å². The highest BCUT2D eigenvalue weighted by Gasteiger charge is 2.12. The molecule has 0 bridgehead atoms. The van der Waals surface area contributed by atoms with Crippen LogP contribution in [0.25, 0.3) is 5.65 Å². The Labute approximate surface area is 162 Å². The van der Waals surface area contributed by atoms with Crippen molar-refractivity contribution < 1.29 is 9.13 Å². The largest absolute Gasteiger partial charge is 0.486 e. The minimum Gasteiger partial charge on any atom is -0.486 e. The van der Waals surface area contributed by atoms with Crippen LogP contribution in [-0.4, -0.2) is 24.3 Å². The Morgan fingerprint density at radius 1 is 1.14 bits per heavy atom. The van der Waals surface area contributed by atoms with Crippen LogP contribution >= 0.6 is 11.8 Å². The van der Waals surface area contributed by atoms with Crippen LogP contribution in [0.4, 0.5) is 4.39 Å². The van der Waals surface area contributed by atoms with Crippen LogP contribution in [0, 0.1) is 5.82 Å². The zero-order valence-electron chi connectivity index (χ0n) is 14.5. The van der Waals surface area contributed by atoms with Gasteiger partial charge in [0.1, 0.15) is 23.8 Å². The number of ether oxygens (including phenoxy) is 1. The van der Waals surface area contributed by atoms with E-state index in [9.17, 15) is 9.18 Å². The first-order chi connectivity index (χ1) is 13.6. The van der Waals surface area contributed by atoms with Gasteiger partial charge in [0, 0.05) is 18.0 Å². The summed E-state index contributed by atoms with van der Waals surface area (Å²) in [5, 5.41) is 8.52. The summed E-state index contributed by atoms with van der Waals surface area (Å²) in [6.45, 7) is 0.0886. The molecule has 0 aliphatic carbocycles. The normalized spacial score (nSPS) is 11.0. The highest BCUT2D eigenvalue weighted by atomic mass is 32.2. The van der Waals surface area contributed by atoms with Crippen LogP contribution in [0.1, 0.15) is 11.5 Å². The van der Waals surface area contributed by atoms with Crippen molar-refractivity contribution in [2.75, 3.05) is 5.84 Å². The Kier molecular flexibility index (Phi) is 4.94. The number of thioether (sulfide) groups is 1. The molecule has 1 aromatic carbocycles. The van der Waals surface area contributed by atoms with Gasteiger partial charge in [-0.2, -0.15) is 0 Å². The highest BCUT2D eigenvalue weighted by Crippen LogP contribution is 2.20. The average Bonchev–Trinajstić information content (AvgIpc) is 3.06. The smallest absolute Gasteiger partial charge is 0.258 e. The number of nitrogen functional groups attached to an aromatic ring is 1. The second-order valence-corrected chi connectivity index (χ2v) is 6.76. The van der Waals surface area contributed by atoms with E-state index in [1.165, 1.54) is 51.2 Å². The summed E-state index contributed by atoms with van der Waals surface area (Å²) in [7, 11) is 0. The fourth-order valence-electron chi connectivity index (χ4n) is 2.50.